The number of nitrogens with one attached hydrogen (secondary N) is 1. The van der Waals surface area contributed by atoms with Gasteiger partial charge in [0.2, 0.25) is 15.9 Å². The van der Waals surface area contributed by atoms with Crippen molar-refractivity contribution >= 4 is 21.8 Å². The van der Waals surface area contributed by atoms with E-state index in [1.165, 1.54) is 23.1 Å². The minimum atomic E-state index is -3.86. The molecule has 3 rings (SSSR count). The van der Waals surface area contributed by atoms with Gasteiger partial charge in [-0.15, -0.1) is 6.42 Å². The Balaban J connectivity index is 1.87. The Morgan fingerprint density at radius 1 is 1.35 bits per heavy atom. The van der Waals surface area contributed by atoms with Crippen molar-refractivity contribution in [2.45, 2.75) is 10.9 Å². The first-order valence-corrected chi connectivity index (χ1v) is 9.59. The predicted octanol–water partition coefficient (Wildman–Crippen LogP) is -0.719. The van der Waals surface area contributed by atoms with Crippen LogP contribution in [-0.2, 0) is 19.6 Å². The van der Waals surface area contributed by atoms with E-state index in [1.807, 2.05) is 0 Å². The van der Waals surface area contributed by atoms with Crippen LogP contribution in [-0.4, -0.2) is 74.9 Å². The first kappa shape index (κ1) is 18.4. The van der Waals surface area contributed by atoms with E-state index < -0.39 is 16.1 Å². The molecule has 26 heavy (non-hydrogen) atoms. The second kappa shape index (κ2) is 7.45. The topological polar surface area (TPSA) is 96.0 Å². The van der Waals surface area contributed by atoms with Crippen LogP contribution in [0.25, 0.3) is 0 Å². The molecule has 8 nitrogen and oxygen atoms in total. The second-order valence-electron chi connectivity index (χ2n) is 5.97. The number of hydrogen-bond acceptors (Lipinski definition) is 5. The van der Waals surface area contributed by atoms with Gasteiger partial charge in [-0.3, -0.25) is 9.59 Å². The van der Waals surface area contributed by atoms with Crippen LogP contribution in [0.5, 0.6) is 0 Å². The van der Waals surface area contributed by atoms with E-state index in [0.717, 1.165) is 4.31 Å². The first-order chi connectivity index (χ1) is 12.4. The lowest BCUT2D eigenvalue weighted by Crippen LogP contribution is -2.50. The summed E-state index contributed by atoms with van der Waals surface area (Å²) in [6, 6.07) is 5.31. The highest BCUT2D eigenvalue weighted by Gasteiger charge is 2.31. The van der Waals surface area contributed by atoms with Crippen LogP contribution in [0.15, 0.2) is 29.2 Å². The van der Waals surface area contributed by atoms with Gasteiger partial charge in [0.1, 0.15) is 6.04 Å². The Bertz CT molecular complexity index is 861. The fourth-order valence-electron chi connectivity index (χ4n) is 2.91. The van der Waals surface area contributed by atoms with E-state index in [2.05, 4.69) is 11.2 Å². The highest BCUT2D eigenvalue weighted by molar-refractivity contribution is 7.89. The van der Waals surface area contributed by atoms with Gasteiger partial charge in [-0.25, -0.2) is 8.42 Å². The SMILES string of the molecule is C#CC1COCCN1C(=O)c1cccc(S(=O)(=O)N2CCNC(=O)C2)c1. The molecule has 0 saturated carbocycles. The minimum absolute atomic E-state index is 0.0245. The Morgan fingerprint density at radius 3 is 2.88 bits per heavy atom. The summed E-state index contributed by atoms with van der Waals surface area (Å²) in [6.45, 7) is 1.19. The molecule has 2 fully saturated rings. The number of sulfonamides is 1. The van der Waals surface area contributed by atoms with Gasteiger partial charge < -0.3 is 15.0 Å². The molecule has 2 amide bonds. The highest BCUT2D eigenvalue weighted by Crippen LogP contribution is 2.20. The number of rotatable bonds is 3. The molecule has 0 aliphatic carbocycles. The maximum atomic E-state index is 12.8. The third-order valence-electron chi connectivity index (χ3n) is 4.30. The van der Waals surface area contributed by atoms with Crippen molar-refractivity contribution in [1.29, 1.82) is 0 Å². The average Bonchev–Trinajstić information content (AvgIpc) is 2.67. The fourth-order valence-corrected chi connectivity index (χ4v) is 4.35. The van der Waals surface area contributed by atoms with Crippen molar-refractivity contribution in [3.63, 3.8) is 0 Å². The van der Waals surface area contributed by atoms with Gasteiger partial charge in [-0.05, 0) is 18.2 Å². The third kappa shape index (κ3) is 3.58. The number of carbonyl (C=O) groups excluding carboxylic acids is 2. The number of amides is 2. The summed E-state index contributed by atoms with van der Waals surface area (Å²) in [7, 11) is -3.86. The number of hydrogen-bond donors (Lipinski definition) is 1. The van der Waals surface area contributed by atoms with E-state index in [-0.39, 0.29) is 48.5 Å². The molecule has 1 aromatic carbocycles. The van der Waals surface area contributed by atoms with Crippen LogP contribution in [0.3, 0.4) is 0 Å². The van der Waals surface area contributed by atoms with Crippen LogP contribution in [0, 0.1) is 12.3 Å². The molecule has 0 spiro atoms. The molecule has 2 saturated heterocycles. The Hall–Kier alpha value is -2.41. The molecule has 1 atom stereocenters. The fraction of sp³-hybridized carbons (Fsp3) is 0.412. The van der Waals surface area contributed by atoms with E-state index in [0.29, 0.717) is 13.2 Å². The molecular formula is C17H19N3O5S. The molecular weight excluding hydrogens is 358 g/mol. The molecule has 0 bridgehead atoms. The number of benzene rings is 1. The molecule has 2 heterocycles. The maximum Gasteiger partial charge on any atom is 0.255 e. The zero-order valence-electron chi connectivity index (χ0n) is 14.1. The summed E-state index contributed by atoms with van der Waals surface area (Å²) < 4.78 is 31.9. The zero-order chi connectivity index (χ0) is 18.7. The lowest BCUT2D eigenvalue weighted by molar-refractivity contribution is -0.122. The van der Waals surface area contributed by atoms with Crippen molar-refractivity contribution in [2.24, 2.45) is 0 Å². The van der Waals surface area contributed by atoms with Gasteiger partial charge in [0, 0.05) is 25.2 Å². The molecule has 1 unspecified atom stereocenters. The van der Waals surface area contributed by atoms with Crippen molar-refractivity contribution in [2.75, 3.05) is 39.4 Å². The van der Waals surface area contributed by atoms with Gasteiger partial charge in [0.25, 0.3) is 5.91 Å². The molecule has 138 valence electrons. The highest BCUT2D eigenvalue weighted by atomic mass is 32.2. The Kier molecular flexibility index (Phi) is 5.27. The van der Waals surface area contributed by atoms with Crippen molar-refractivity contribution in [3.8, 4) is 12.3 Å². The predicted molar refractivity (Wildman–Crippen MR) is 92.7 cm³/mol. The van der Waals surface area contributed by atoms with E-state index in [9.17, 15) is 18.0 Å². The summed E-state index contributed by atoms with van der Waals surface area (Å²) in [5.74, 6) is 1.82. The quantitative estimate of drug-likeness (QED) is 0.702. The van der Waals surface area contributed by atoms with Crippen LogP contribution < -0.4 is 5.32 Å². The normalized spacial score (nSPS) is 21.7. The van der Waals surface area contributed by atoms with E-state index in [4.69, 9.17) is 11.2 Å². The van der Waals surface area contributed by atoms with Gasteiger partial charge in [0.15, 0.2) is 0 Å². The summed E-state index contributed by atoms with van der Waals surface area (Å²) in [5, 5.41) is 2.58. The first-order valence-electron chi connectivity index (χ1n) is 8.15. The van der Waals surface area contributed by atoms with E-state index >= 15 is 0 Å². The van der Waals surface area contributed by atoms with Crippen molar-refractivity contribution in [1.82, 2.24) is 14.5 Å². The lowest BCUT2D eigenvalue weighted by atomic mass is 10.1. The standard InChI is InChI=1S/C17H19N3O5S/c1-2-14-12-25-9-8-20(14)17(22)13-4-3-5-15(10-13)26(23,24)19-7-6-18-16(21)11-19/h1,3-5,10,14H,6-9,11-12H2,(H,18,21). The number of carbonyl (C=O) groups is 2. The largest absolute Gasteiger partial charge is 0.376 e. The number of morpholine rings is 1. The minimum Gasteiger partial charge on any atom is -0.376 e. The van der Waals surface area contributed by atoms with Gasteiger partial charge >= 0.3 is 0 Å². The molecule has 2 aliphatic rings. The van der Waals surface area contributed by atoms with Crippen LogP contribution >= 0.6 is 0 Å². The van der Waals surface area contributed by atoms with Crippen LogP contribution in [0.1, 0.15) is 10.4 Å². The number of piperazine rings is 1. The zero-order valence-corrected chi connectivity index (χ0v) is 14.9. The number of nitrogens with zero attached hydrogens (tertiary/aromatic N) is 2. The average molecular weight is 377 g/mol. The van der Waals surface area contributed by atoms with Crippen LogP contribution in [0.2, 0.25) is 0 Å². The van der Waals surface area contributed by atoms with Crippen molar-refractivity contribution in [3.05, 3.63) is 29.8 Å². The van der Waals surface area contributed by atoms with Gasteiger partial charge in [-0.2, -0.15) is 4.31 Å². The molecule has 1 N–H and O–H groups in total. The molecule has 2 aliphatic heterocycles. The molecule has 9 heteroatoms. The Morgan fingerprint density at radius 2 is 2.15 bits per heavy atom. The number of terminal acetylenes is 1. The summed E-state index contributed by atoms with van der Waals surface area (Å²) in [4.78, 5) is 25.8. The van der Waals surface area contributed by atoms with Crippen LogP contribution in [0.4, 0.5) is 0 Å². The van der Waals surface area contributed by atoms with Gasteiger partial charge in [-0.1, -0.05) is 12.0 Å². The maximum absolute atomic E-state index is 12.8. The molecule has 0 aromatic heterocycles. The molecule has 1 aromatic rings. The van der Waals surface area contributed by atoms with Gasteiger partial charge in [0.05, 0.1) is 24.7 Å². The smallest absolute Gasteiger partial charge is 0.255 e. The van der Waals surface area contributed by atoms with E-state index in [1.54, 1.807) is 6.07 Å². The summed E-state index contributed by atoms with van der Waals surface area (Å²) in [5.41, 5.74) is 0.231. The monoisotopic (exact) mass is 377 g/mol. The molecule has 0 radical (unpaired) electrons. The number of ether oxygens (including phenoxy) is 1. The lowest BCUT2D eigenvalue weighted by Gasteiger charge is -2.32. The third-order valence-corrected chi connectivity index (χ3v) is 6.14. The second-order valence-corrected chi connectivity index (χ2v) is 7.91. The summed E-state index contributed by atoms with van der Waals surface area (Å²) >= 11 is 0. The van der Waals surface area contributed by atoms with Crippen molar-refractivity contribution < 1.29 is 22.7 Å². The Labute approximate surface area is 152 Å². The summed E-state index contributed by atoms with van der Waals surface area (Å²) in [6.07, 6.45) is 5.45.